The number of hydrogen-bond acceptors (Lipinski definition) is 5. The summed E-state index contributed by atoms with van der Waals surface area (Å²) in [4.78, 5) is 31.2. The molecule has 0 saturated heterocycles. The number of imidazole rings is 1. The molecule has 7 nitrogen and oxygen atoms in total. The molecule has 3 atom stereocenters. The molecule has 1 amide bonds. The lowest BCUT2D eigenvalue weighted by molar-refractivity contribution is -0.0115. The number of nitrogens with zero attached hydrogens (tertiary/aromatic N) is 3. The molecule has 7 heteroatoms. The normalized spacial score (nSPS) is 21.5. The van der Waals surface area contributed by atoms with Crippen LogP contribution in [-0.4, -0.2) is 31.4 Å². The van der Waals surface area contributed by atoms with E-state index in [1.165, 1.54) is 12.0 Å². The van der Waals surface area contributed by atoms with Gasteiger partial charge >= 0.3 is 0 Å². The summed E-state index contributed by atoms with van der Waals surface area (Å²) >= 11 is 0. The van der Waals surface area contributed by atoms with E-state index in [-0.39, 0.29) is 11.5 Å². The summed E-state index contributed by atoms with van der Waals surface area (Å²) < 4.78 is 6.86. The van der Waals surface area contributed by atoms with Gasteiger partial charge in [-0.3, -0.25) is 10.1 Å². The van der Waals surface area contributed by atoms with E-state index in [0.717, 1.165) is 56.9 Å². The van der Waals surface area contributed by atoms with E-state index in [4.69, 9.17) is 14.7 Å². The second-order valence-corrected chi connectivity index (χ2v) is 12.3. The van der Waals surface area contributed by atoms with Crippen LogP contribution in [0.1, 0.15) is 61.9 Å². The Balaban J connectivity index is 1.28. The molecule has 1 aliphatic carbocycles. The quantitative estimate of drug-likeness (QED) is 0.173. The van der Waals surface area contributed by atoms with Crippen LogP contribution >= 0.6 is 0 Å². The zero-order valence-corrected chi connectivity index (χ0v) is 23.4. The van der Waals surface area contributed by atoms with Gasteiger partial charge in [0.1, 0.15) is 11.4 Å². The molecule has 0 unspecified atom stereocenters. The maximum atomic E-state index is 13.2. The first-order chi connectivity index (χ1) is 19.9. The molecule has 0 bridgehead atoms. The first kappa shape index (κ1) is 24.3. The minimum atomic E-state index is -0.252. The van der Waals surface area contributed by atoms with Crippen molar-refractivity contribution in [2.24, 2.45) is 11.8 Å². The number of para-hydroxylation sites is 2. The molecule has 4 aromatic carbocycles. The Kier molecular flexibility index (Phi) is 5.18. The van der Waals surface area contributed by atoms with E-state index in [0.29, 0.717) is 34.8 Å². The summed E-state index contributed by atoms with van der Waals surface area (Å²) in [6.45, 7) is 6.85. The van der Waals surface area contributed by atoms with Gasteiger partial charge in [0, 0.05) is 27.8 Å². The van der Waals surface area contributed by atoms with E-state index in [1.807, 2.05) is 42.5 Å². The maximum Gasteiger partial charge on any atom is 0.258 e. The molecule has 41 heavy (non-hydrogen) atoms. The zero-order valence-electron chi connectivity index (χ0n) is 23.4. The highest BCUT2D eigenvalue weighted by Gasteiger charge is 2.47. The summed E-state index contributed by atoms with van der Waals surface area (Å²) in [5.41, 5.74) is 6.36. The van der Waals surface area contributed by atoms with Crippen molar-refractivity contribution in [3.63, 3.8) is 0 Å². The molecule has 8 rings (SSSR count). The van der Waals surface area contributed by atoms with Crippen LogP contribution in [0.3, 0.4) is 0 Å². The van der Waals surface area contributed by atoms with E-state index >= 15 is 0 Å². The molecule has 2 N–H and O–H groups in total. The van der Waals surface area contributed by atoms with Crippen LogP contribution in [0.15, 0.2) is 66.7 Å². The van der Waals surface area contributed by atoms with E-state index < -0.39 is 0 Å². The zero-order chi connectivity index (χ0) is 27.9. The van der Waals surface area contributed by atoms with Gasteiger partial charge in [0.15, 0.2) is 0 Å². The number of aromatic nitrogens is 4. The third-order valence-electron chi connectivity index (χ3n) is 9.22. The fraction of sp³-hybridized carbons (Fsp3) is 0.294. The summed E-state index contributed by atoms with van der Waals surface area (Å²) in [6.07, 6.45) is 3.50. The lowest BCUT2D eigenvalue weighted by Crippen LogP contribution is -2.46. The number of aromatic amines is 1. The van der Waals surface area contributed by atoms with Gasteiger partial charge in [-0.2, -0.15) is 0 Å². The van der Waals surface area contributed by atoms with Gasteiger partial charge in [-0.25, -0.2) is 15.0 Å². The van der Waals surface area contributed by atoms with Crippen molar-refractivity contribution < 1.29 is 9.53 Å². The van der Waals surface area contributed by atoms with Crippen LogP contribution in [0.5, 0.6) is 5.75 Å². The summed E-state index contributed by atoms with van der Waals surface area (Å²) in [5, 5.41) is 4.99. The number of carbonyl (C=O) groups is 1. The van der Waals surface area contributed by atoms with E-state index in [1.54, 1.807) is 6.07 Å². The molecule has 6 aromatic rings. The molecule has 2 aromatic heterocycles. The monoisotopic (exact) mass is 541 g/mol. The highest BCUT2D eigenvalue weighted by Crippen LogP contribution is 2.56. The van der Waals surface area contributed by atoms with Crippen molar-refractivity contribution in [1.82, 2.24) is 19.9 Å². The van der Waals surface area contributed by atoms with Gasteiger partial charge in [-0.05, 0) is 68.9 Å². The third-order valence-corrected chi connectivity index (χ3v) is 9.22. The van der Waals surface area contributed by atoms with Gasteiger partial charge in [-0.1, -0.05) is 49.7 Å². The second-order valence-electron chi connectivity index (χ2n) is 12.3. The highest BCUT2D eigenvalue weighted by molar-refractivity contribution is 6.12. The van der Waals surface area contributed by atoms with Gasteiger partial charge in [0.2, 0.25) is 5.95 Å². The predicted octanol–water partition coefficient (Wildman–Crippen LogP) is 7.76. The molecular formula is C34H31N5O2. The number of benzene rings is 4. The Morgan fingerprint density at radius 2 is 1.68 bits per heavy atom. The second kappa shape index (κ2) is 8.74. The van der Waals surface area contributed by atoms with E-state index in [9.17, 15) is 4.79 Å². The molecule has 2 aliphatic rings. The number of rotatable bonds is 2. The Morgan fingerprint density at radius 3 is 2.54 bits per heavy atom. The molecule has 204 valence electrons. The van der Waals surface area contributed by atoms with Gasteiger partial charge in [-0.15, -0.1) is 0 Å². The molecule has 1 saturated carbocycles. The number of hydrogen-bond donors (Lipinski definition) is 2. The third kappa shape index (κ3) is 3.79. The van der Waals surface area contributed by atoms with Crippen LogP contribution in [0, 0.1) is 11.8 Å². The van der Waals surface area contributed by atoms with Gasteiger partial charge in [0.05, 0.1) is 33.1 Å². The number of amides is 1. The molecular weight excluding hydrogens is 510 g/mol. The number of H-pyrrole nitrogens is 1. The first-order valence-electron chi connectivity index (χ1n) is 14.5. The van der Waals surface area contributed by atoms with Crippen LogP contribution in [0.4, 0.5) is 5.95 Å². The average Bonchev–Trinajstić information content (AvgIpc) is 3.38. The molecule has 3 heterocycles. The lowest BCUT2D eigenvalue weighted by Gasteiger charge is -2.49. The number of fused-ring (bicyclic) bond motifs is 10. The number of ether oxygens (including phenoxy) is 1. The van der Waals surface area contributed by atoms with Crippen molar-refractivity contribution in [2.75, 3.05) is 5.32 Å². The Bertz CT molecular complexity index is 1990. The van der Waals surface area contributed by atoms with Crippen molar-refractivity contribution in [3.05, 3.63) is 77.9 Å². The lowest BCUT2D eigenvalue weighted by atomic mass is 9.64. The minimum absolute atomic E-state index is 0.249. The number of nitrogens with one attached hydrogen (secondary N) is 2. The smallest absolute Gasteiger partial charge is 0.258 e. The minimum Gasteiger partial charge on any atom is -0.487 e. The molecule has 1 fully saturated rings. The van der Waals surface area contributed by atoms with Crippen molar-refractivity contribution >= 4 is 55.7 Å². The Labute approximate surface area is 237 Å². The van der Waals surface area contributed by atoms with Gasteiger partial charge < -0.3 is 9.72 Å². The Hall–Kier alpha value is -4.52. The van der Waals surface area contributed by atoms with Crippen molar-refractivity contribution in [3.8, 4) is 5.75 Å². The molecule has 0 radical (unpaired) electrons. The SMILES string of the molecule is C[C@H]1CC[C@H]2[C@H](C1)c1c(c3ccccc3c3nc4cc(C(=O)Nc5nc6ccccc6[nH]5)ccc4nc13)OC2(C)C. The fourth-order valence-electron chi connectivity index (χ4n) is 7.23. The van der Waals surface area contributed by atoms with Crippen LogP contribution in [-0.2, 0) is 0 Å². The summed E-state index contributed by atoms with van der Waals surface area (Å²) in [5.74, 6) is 2.57. The number of anilines is 1. The molecule has 0 spiro atoms. The first-order valence-corrected chi connectivity index (χ1v) is 14.5. The highest BCUT2D eigenvalue weighted by atomic mass is 16.5. The number of carbonyl (C=O) groups excluding carboxylic acids is 1. The fourth-order valence-corrected chi connectivity index (χ4v) is 7.23. The van der Waals surface area contributed by atoms with Crippen molar-refractivity contribution in [1.29, 1.82) is 0 Å². The summed E-state index contributed by atoms with van der Waals surface area (Å²) in [6, 6.07) is 21.5. The Morgan fingerprint density at radius 1 is 0.902 bits per heavy atom. The van der Waals surface area contributed by atoms with Crippen LogP contribution < -0.4 is 10.1 Å². The van der Waals surface area contributed by atoms with Crippen LogP contribution in [0.25, 0.3) is 43.9 Å². The predicted molar refractivity (Wildman–Crippen MR) is 163 cm³/mol. The summed E-state index contributed by atoms with van der Waals surface area (Å²) in [7, 11) is 0. The van der Waals surface area contributed by atoms with Crippen molar-refractivity contribution in [2.45, 2.75) is 51.6 Å². The van der Waals surface area contributed by atoms with Gasteiger partial charge in [0.25, 0.3) is 5.91 Å². The van der Waals surface area contributed by atoms with E-state index in [2.05, 4.69) is 54.3 Å². The standard InChI is InChI=1S/C34H31N5O2/c1-18-12-14-23-22(16-18)28-30-29(20-8-4-5-9-21(20)31(28)41-34(23,2)3)36-27-17-19(13-15-26(27)35-30)32(40)39-33-37-24-10-6-7-11-25(24)38-33/h4-11,13,15,17-18,22-23H,12,14,16H2,1-3H3,(H2,37,38,39,40)/t18-,22-,23-/m0/s1. The van der Waals surface area contributed by atoms with Crippen LogP contribution in [0.2, 0.25) is 0 Å². The molecule has 1 aliphatic heterocycles. The maximum absolute atomic E-state index is 13.2. The average molecular weight is 542 g/mol. The topological polar surface area (TPSA) is 92.8 Å². The largest absolute Gasteiger partial charge is 0.487 e.